The van der Waals surface area contributed by atoms with Gasteiger partial charge in [-0.2, -0.15) is 4.98 Å². The van der Waals surface area contributed by atoms with Crippen LogP contribution in [0.2, 0.25) is 0 Å². The number of hydrogen-bond donors (Lipinski definition) is 1. The third-order valence-corrected chi connectivity index (χ3v) is 3.01. The van der Waals surface area contributed by atoms with Crippen molar-refractivity contribution in [2.24, 2.45) is 0 Å². The molecule has 1 atom stereocenters. The second-order valence-corrected chi connectivity index (χ2v) is 5.59. The van der Waals surface area contributed by atoms with Gasteiger partial charge in [0.25, 0.3) is 0 Å². The molecule has 0 saturated carbocycles. The van der Waals surface area contributed by atoms with Gasteiger partial charge in [-0.3, -0.25) is 0 Å². The molecular formula is C12H21N3O. The highest BCUT2D eigenvalue weighted by Gasteiger charge is 2.21. The van der Waals surface area contributed by atoms with E-state index in [9.17, 15) is 0 Å². The lowest BCUT2D eigenvalue weighted by Crippen LogP contribution is -2.21. The molecule has 1 N–H and O–H groups in total. The second kappa shape index (κ2) is 4.53. The Morgan fingerprint density at radius 1 is 1.44 bits per heavy atom. The van der Waals surface area contributed by atoms with E-state index in [0.29, 0.717) is 6.04 Å². The van der Waals surface area contributed by atoms with Gasteiger partial charge in [0.05, 0.1) is 0 Å². The lowest BCUT2D eigenvalue weighted by atomic mass is 9.96. The molecule has 0 spiro atoms. The predicted molar refractivity (Wildman–Crippen MR) is 62.3 cm³/mol. The minimum atomic E-state index is -0.0205. The largest absolute Gasteiger partial charge is 0.339 e. The fraction of sp³-hybridized carbons (Fsp3) is 0.833. The van der Waals surface area contributed by atoms with Crippen molar-refractivity contribution in [3.63, 3.8) is 0 Å². The van der Waals surface area contributed by atoms with E-state index in [1.54, 1.807) is 0 Å². The molecule has 0 bridgehead atoms. The summed E-state index contributed by atoms with van der Waals surface area (Å²) >= 11 is 0. The number of aryl methyl sites for hydroxylation is 1. The Morgan fingerprint density at radius 3 is 2.81 bits per heavy atom. The molecule has 4 heteroatoms. The van der Waals surface area contributed by atoms with E-state index in [0.717, 1.165) is 31.1 Å². The lowest BCUT2D eigenvalue weighted by Gasteiger charge is -2.11. The molecule has 1 saturated heterocycles. The molecule has 1 unspecified atom stereocenters. The molecule has 1 aromatic rings. The standard InChI is InChI=1S/C12H21N3O/c1-12(2,3)11-14-10(16-15-11)7-6-9-5-4-8-13-9/h9,13H,4-8H2,1-3H3. The molecule has 1 aliphatic heterocycles. The Balaban J connectivity index is 1.87. The van der Waals surface area contributed by atoms with Crippen molar-refractivity contribution >= 4 is 0 Å². The van der Waals surface area contributed by atoms with E-state index in [2.05, 4.69) is 36.2 Å². The van der Waals surface area contributed by atoms with Crippen molar-refractivity contribution < 1.29 is 4.52 Å². The number of aromatic nitrogens is 2. The Labute approximate surface area is 96.8 Å². The lowest BCUT2D eigenvalue weighted by molar-refractivity contribution is 0.355. The molecule has 0 radical (unpaired) electrons. The third kappa shape index (κ3) is 2.82. The summed E-state index contributed by atoms with van der Waals surface area (Å²) in [6, 6.07) is 0.644. The number of rotatable bonds is 3. The summed E-state index contributed by atoms with van der Waals surface area (Å²) in [6.07, 6.45) is 4.56. The van der Waals surface area contributed by atoms with Gasteiger partial charge in [-0.1, -0.05) is 25.9 Å². The molecule has 4 nitrogen and oxygen atoms in total. The number of nitrogens with one attached hydrogen (secondary N) is 1. The Morgan fingerprint density at radius 2 is 2.25 bits per heavy atom. The van der Waals surface area contributed by atoms with Crippen LogP contribution in [0.15, 0.2) is 4.52 Å². The third-order valence-electron chi connectivity index (χ3n) is 3.01. The number of nitrogens with zero attached hydrogens (tertiary/aromatic N) is 2. The fourth-order valence-electron chi connectivity index (χ4n) is 1.96. The van der Waals surface area contributed by atoms with Gasteiger partial charge in [0, 0.05) is 17.9 Å². The van der Waals surface area contributed by atoms with Crippen molar-refractivity contribution in [1.82, 2.24) is 15.5 Å². The molecule has 1 fully saturated rings. The predicted octanol–water partition coefficient (Wildman–Crippen LogP) is 2.05. The monoisotopic (exact) mass is 223 g/mol. The van der Waals surface area contributed by atoms with Crippen LogP contribution in [-0.2, 0) is 11.8 Å². The molecule has 2 rings (SSSR count). The summed E-state index contributed by atoms with van der Waals surface area (Å²) in [7, 11) is 0. The van der Waals surface area contributed by atoms with Gasteiger partial charge in [-0.25, -0.2) is 0 Å². The van der Waals surface area contributed by atoms with Crippen LogP contribution in [0.3, 0.4) is 0 Å². The molecule has 1 aromatic heterocycles. The molecule has 90 valence electrons. The second-order valence-electron chi connectivity index (χ2n) is 5.59. The Kier molecular flexibility index (Phi) is 3.28. The average molecular weight is 223 g/mol. The topological polar surface area (TPSA) is 51.0 Å². The molecule has 2 heterocycles. The van der Waals surface area contributed by atoms with E-state index < -0.39 is 0 Å². The molecule has 0 amide bonds. The Hall–Kier alpha value is -0.900. The van der Waals surface area contributed by atoms with Crippen LogP contribution in [0.5, 0.6) is 0 Å². The molecule has 0 aromatic carbocycles. The molecule has 0 aliphatic carbocycles. The van der Waals surface area contributed by atoms with Crippen LogP contribution < -0.4 is 5.32 Å². The number of hydrogen-bond acceptors (Lipinski definition) is 4. The quantitative estimate of drug-likeness (QED) is 0.852. The average Bonchev–Trinajstić information content (AvgIpc) is 2.85. The van der Waals surface area contributed by atoms with Gasteiger partial charge < -0.3 is 9.84 Å². The summed E-state index contributed by atoms with van der Waals surface area (Å²) in [5.41, 5.74) is -0.0205. The minimum Gasteiger partial charge on any atom is -0.339 e. The van der Waals surface area contributed by atoms with E-state index >= 15 is 0 Å². The van der Waals surface area contributed by atoms with Crippen LogP contribution in [-0.4, -0.2) is 22.7 Å². The first kappa shape index (κ1) is 11.6. The first-order valence-corrected chi connectivity index (χ1v) is 6.12. The summed E-state index contributed by atoms with van der Waals surface area (Å²) < 4.78 is 5.26. The van der Waals surface area contributed by atoms with E-state index in [1.165, 1.54) is 12.8 Å². The molecular weight excluding hydrogens is 202 g/mol. The van der Waals surface area contributed by atoms with Gasteiger partial charge in [0.15, 0.2) is 5.82 Å². The maximum absolute atomic E-state index is 5.26. The van der Waals surface area contributed by atoms with Crippen LogP contribution in [0, 0.1) is 0 Å². The summed E-state index contributed by atoms with van der Waals surface area (Å²) in [5.74, 6) is 1.58. The van der Waals surface area contributed by atoms with Crippen molar-refractivity contribution in [3.05, 3.63) is 11.7 Å². The van der Waals surface area contributed by atoms with Crippen molar-refractivity contribution in [3.8, 4) is 0 Å². The van der Waals surface area contributed by atoms with Gasteiger partial charge >= 0.3 is 0 Å². The smallest absolute Gasteiger partial charge is 0.226 e. The zero-order chi connectivity index (χ0) is 11.6. The van der Waals surface area contributed by atoms with Gasteiger partial charge in [-0.05, 0) is 25.8 Å². The zero-order valence-corrected chi connectivity index (χ0v) is 10.4. The van der Waals surface area contributed by atoms with Crippen LogP contribution in [0.1, 0.15) is 51.7 Å². The van der Waals surface area contributed by atoms with Crippen LogP contribution >= 0.6 is 0 Å². The van der Waals surface area contributed by atoms with Crippen molar-refractivity contribution in [1.29, 1.82) is 0 Å². The minimum absolute atomic E-state index is 0.0205. The zero-order valence-electron chi connectivity index (χ0n) is 10.4. The Bertz CT molecular complexity index is 334. The highest BCUT2D eigenvalue weighted by Crippen LogP contribution is 2.19. The fourth-order valence-corrected chi connectivity index (χ4v) is 1.96. The van der Waals surface area contributed by atoms with E-state index in [4.69, 9.17) is 4.52 Å². The van der Waals surface area contributed by atoms with E-state index in [1.807, 2.05) is 0 Å². The maximum atomic E-state index is 5.26. The van der Waals surface area contributed by atoms with Crippen molar-refractivity contribution in [2.45, 2.75) is 57.9 Å². The van der Waals surface area contributed by atoms with Gasteiger partial charge in [0.1, 0.15) is 0 Å². The highest BCUT2D eigenvalue weighted by molar-refractivity contribution is 5.00. The van der Waals surface area contributed by atoms with E-state index in [-0.39, 0.29) is 5.41 Å². The van der Waals surface area contributed by atoms with Gasteiger partial charge in [-0.15, -0.1) is 0 Å². The van der Waals surface area contributed by atoms with Crippen LogP contribution in [0.4, 0.5) is 0 Å². The molecule has 1 aliphatic rings. The SMILES string of the molecule is CC(C)(C)c1noc(CCC2CCCN2)n1. The summed E-state index contributed by atoms with van der Waals surface area (Å²) in [6.45, 7) is 7.45. The first-order valence-electron chi connectivity index (χ1n) is 6.12. The van der Waals surface area contributed by atoms with Crippen molar-refractivity contribution in [2.75, 3.05) is 6.54 Å². The van der Waals surface area contributed by atoms with Crippen LogP contribution in [0.25, 0.3) is 0 Å². The normalized spacial score (nSPS) is 21.6. The first-order chi connectivity index (χ1) is 7.55. The molecule has 16 heavy (non-hydrogen) atoms. The maximum Gasteiger partial charge on any atom is 0.226 e. The highest BCUT2D eigenvalue weighted by atomic mass is 16.5. The summed E-state index contributed by atoms with van der Waals surface area (Å²) in [5, 5.41) is 7.50. The summed E-state index contributed by atoms with van der Waals surface area (Å²) in [4.78, 5) is 4.44. The van der Waals surface area contributed by atoms with Gasteiger partial charge in [0.2, 0.25) is 5.89 Å².